The van der Waals surface area contributed by atoms with Crippen LogP contribution in [0, 0.1) is 0 Å². The van der Waals surface area contributed by atoms with E-state index in [0.717, 1.165) is 36.6 Å². The molecule has 1 aliphatic heterocycles. The number of amides is 1. The minimum Gasteiger partial charge on any atom is -0.493 e. The van der Waals surface area contributed by atoms with Crippen molar-refractivity contribution in [2.45, 2.75) is 38.3 Å². The third kappa shape index (κ3) is 6.06. The number of nitrogens with zero attached hydrogens (tertiary/aromatic N) is 1. The fourth-order valence-corrected chi connectivity index (χ4v) is 3.25. The summed E-state index contributed by atoms with van der Waals surface area (Å²) in [5, 5.41) is 3.00. The topological polar surface area (TPSA) is 76.8 Å². The molecule has 3 N–H and O–H groups in total. The molecule has 1 unspecified atom stereocenters. The van der Waals surface area contributed by atoms with Crippen LogP contribution >= 0.6 is 12.4 Å². The molecule has 1 saturated heterocycles. The van der Waals surface area contributed by atoms with E-state index in [2.05, 4.69) is 16.3 Å². The first-order valence-electron chi connectivity index (χ1n) is 8.60. The molecule has 6 nitrogen and oxygen atoms in total. The van der Waals surface area contributed by atoms with Crippen molar-refractivity contribution in [1.29, 1.82) is 0 Å². The Morgan fingerprint density at radius 2 is 2.12 bits per heavy atom. The molecule has 1 aromatic rings. The number of para-hydroxylation sites is 1. The van der Waals surface area contributed by atoms with Crippen LogP contribution in [0.2, 0.25) is 0 Å². The molecular weight excluding hydrogens is 342 g/mol. The molecule has 0 aliphatic carbocycles. The summed E-state index contributed by atoms with van der Waals surface area (Å²) in [5.74, 6) is 1.57. The lowest BCUT2D eigenvalue weighted by Crippen LogP contribution is -2.46. The lowest BCUT2D eigenvalue weighted by molar-refractivity contribution is -0.121. The predicted molar refractivity (Wildman–Crippen MR) is 102 cm³/mol. The number of likely N-dealkylation sites (tertiary alicyclic amines) is 1. The summed E-state index contributed by atoms with van der Waals surface area (Å²) in [7, 11) is 3.32. The highest BCUT2D eigenvalue weighted by Gasteiger charge is 2.24. The van der Waals surface area contributed by atoms with Crippen molar-refractivity contribution in [3.8, 4) is 11.5 Å². The smallest absolute Gasteiger partial charge is 0.221 e. The van der Waals surface area contributed by atoms with Crippen molar-refractivity contribution < 1.29 is 14.3 Å². The standard InChI is InChI=1S/C18H29N3O3.ClH/c1-23-16-8-5-6-14(18(16)24-2)13-21-11-4-3-7-15(21)12-20-17(22)9-10-19;/h5-6,8,15H,3-4,7,9-13,19H2,1-2H3,(H,20,22);1H. The Bertz CT molecular complexity index is 542. The maximum Gasteiger partial charge on any atom is 0.221 e. The Kier molecular flexibility index (Phi) is 9.63. The molecule has 1 atom stereocenters. The van der Waals surface area contributed by atoms with E-state index in [1.807, 2.05) is 12.1 Å². The van der Waals surface area contributed by atoms with E-state index in [9.17, 15) is 4.79 Å². The van der Waals surface area contributed by atoms with Gasteiger partial charge in [0.25, 0.3) is 0 Å². The number of carbonyl (C=O) groups is 1. The molecule has 1 amide bonds. The molecule has 0 saturated carbocycles. The van der Waals surface area contributed by atoms with Gasteiger partial charge in [0.05, 0.1) is 14.2 Å². The number of ether oxygens (including phenoxy) is 2. The number of nitrogens with two attached hydrogens (primary N) is 1. The average molecular weight is 372 g/mol. The molecule has 1 fully saturated rings. The van der Waals surface area contributed by atoms with Gasteiger partial charge in [0.1, 0.15) is 0 Å². The van der Waals surface area contributed by atoms with Crippen LogP contribution in [-0.2, 0) is 11.3 Å². The number of methoxy groups -OCH3 is 2. The number of piperidine rings is 1. The Balaban J connectivity index is 0.00000312. The summed E-state index contributed by atoms with van der Waals surface area (Å²) in [6.45, 7) is 2.88. The number of carbonyl (C=O) groups excluding carboxylic acids is 1. The second kappa shape index (κ2) is 11.2. The summed E-state index contributed by atoms with van der Waals surface area (Å²) in [5.41, 5.74) is 6.54. The average Bonchev–Trinajstić information content (AvgIpc) is 2.61. The minimum absolute atomic E-state index is 0. The summed E-state index contributed by atoms with van der Waals surface area (Å²) in [6, 6.07) is 6.30. The van der Waals surface area contributed by atoms with E-state index in [1.165, 1.54) is 12.8 Å². The van der Waals surface area contributed by atoms with E-state index < -0.39 is 0 Å². The van der Waals surface area contributed by atoms with E-state index in [0.29, 0.717) is 25.6 Å². The van der Waals surface area contributed by atoms with E-state index >= 15 is 0 Å². The monoisotopic (exact) mass is 371 g/mol. The first-order chi connectivity index (χ1) is 11.7. The highest BCUT2D eigenvalue weighted by atomic mass is 35.5. The van der Waals surface area contributed by atoms with Crippen LogP contribution < -0.4 is 20.5 Å². The van der Waals surface area contributed by atoms with Gasteiger partial charge in [0, 0.05) is 37.7 Å². The zero-order valence-electron chi connectivity index (χ0n) is 15.1. The molecule has 0 aromatic heterocycles. The lowest BCUT2D eigenvalue weighted by Gasteiger charge is -2.36. The number of hydrogen-bond donors (Lipinski definition) is 2. The van der Waals surface area contributed by atoms with Gasteiger partial charge in [-0.05, 0) is 25.5 Å². The molecule has 142 valence electrons. The number of rotatable bonds is 8. The molecule has 0 radical (unpaired) electrons. The van der Waals surface area contributed by atoms with Crippen molar-refractivity contribution in [3.05, 3.63) is 23.8 Å². The normalized spacial score (nSPS) is 17.5. The van der Waals surface area contributed by atoms with Crippen LogP contribution in [0.4, 0.5) is 0 Å². The second-order valence-corrected chi connectivity index (χ2v) is 6.12. The Morgan fingerprint density at radius 3 is 2.80 bits per heavy atom. The molecule has 1 heterocycles. The van der Waals surface area contributed by atoms with Gasteiger partial charge in [-0.25, -0.2) is 0 Å². The minimum atomic E-state index is 0. The first-order valence-corrected chi connectivity index (χ1v) is 8.60. The van der Waals surface area contributed by atoms with Gasteiger partial charge in [-0.3, -0.25) is 9.69 Å². The van der Waals surface area contributed by atoms with Crippen molar-refractivity contribution in [2.75, 3.05) is 33.9 Å². The van der Waals surface area contributed by atoms with Gasteiger partial charge < -0.3 is 20.5 Å². The van der Waals surface area contributed by atoms with Gasteiger partial charge in [0.2, 0.25) is 5.91 Å². The van der Waals surface area contributed by atoms with Crippen molar-refractivity contribution in [1.82, 2.24) is 10.2 Å². The molecule has 7 heteroatoms. The van der Waals surface area contributed by atoms with Crippen LogP contribution in [0.25, 0.3) is 0 Å². The Labute approximate surface area is 156 Å². The van der Waals surface area contributed by atoms with Crippen LogP contribution in [-0.4, -0.2) is 50.7 Å². The van der Waals surface area contributed by atoms with Crippen LogP contribution in [0.3, 0.4) is 0 Å². The van der Waals surface area contributed by atoms with Crippen LogP contribution in [0.15, 0.2) is 18.2 Å². The Hall–Kier alpha value is -1.50. The summed E-state index contributed by atoms with van der Waals surface area (Å²) >= 11 is 0. The SMILES string of the molecule is COc1cccc(CN2CCCCC2CNC(=O)CCN)c1OC.Cl. The number of benzene rings is 1. The third-order valence-electron chi connectivity index (χ3n) is 4.51. The number of hydrogen-bond acceptors (Lipinski definition) is 5. The van der Waals surface area contributed by atoms with Crippen LogP contribution in [0.5, 0.6) is 11.5 Å². The van der Waals surface area contributed by atoms with E-state index in [1.54, 1.807) is 14.2 Å². The van der Waals surface area contributed by atoms with Gasteiger partial charge >= 0.3 is 0 Å². The molecule has 2 rings (SSSR count). The zero-order chi connectivity index (χ0) is 17.4. The van der Waals surface area contributed by atoms with Gasteiger partial charge in [0.15, 0.2) is 11.5 Å². The van der Waals surface area contributed by atoms with Gasteiger partial charge in [-0.1, -0.05) is 18.6 Å². The Morgan fingerprint density at radius 1 is 1.32 bits per heavy atom. The number of halogens is 1. The third-order valence-corrected chi connectivity index (χ3v) is 4.51. The summed E-state index contributed by atoms with van der Waals surface area (Å²) in [4.78, 5) is 14.1. The van der Waals surface area contributed by atoms with E-state index in [-0.39, 0.29) is 18.3 Å². The van der Waals surface area contributed by atoms with Crippen molar-refractivity contribution >= 4 is 18.3 Å². The van der Waals surface area contributed by atoms with Crippen molar-refractivity contribution in [3.63, 3.8) is 0 Å². The maximum atomic E-state index is 11.7. The molecule has 1 aliphatic rings. The van der Waals surface area contributed by atoms with E-state index in [4.69, 9.17) is 15.2 Å². The fourth-order valence-electron chi connectivity index (χ4n) is 3.25. The molecule has 25 heavy (non-hydrogen) atoms. The predicted octanol–water partition coefficient (Wildman–Crippen LogP) is 1.95. The molecule has 0 bridgehead atoms. The highest BCUT2D eigenvalue weighted by molar-refractivity contribution is 5.85. The highest BCUT2D eigenvalue weighted by Crippen LogP contribution is 2.32. The van der Waals surface area contributed by atoms with Gasteiger partial charge in [-0.15, -0.1) is 12.4 Å². The maximum absolute atomic E-state index is 11.7. The number of nitrogens with one attached hydrogen (secondary N) is 1. The summed E-state index contributed by atoms with van der Waals surface area (Å²) < 4.78 is 10.9. The summed E-state index contributed by atoms with van der Waals surface area (Å²) in [6.07, 6.45) is 3.86. The quantitative estimate of drug-likeness (QED) is 0.730. The van der Waals surface area contributed by atoms with Crippen molar-refractivity contribution in [2.24, 2.45) is 5.73 Å². The molecule has 0 spiro atoms. The second-order valence-electron chi connectivity index (χ2n) is 6.12. The largest absolute Gasteiger partial charge is 0.493 e. The molecular formula is C18H30ClN3O3. The fraction of sp³-hybridized carbons (Fsp3) is 0.611. The van der Waals surface area contributed by atoms with Gasteiger partial charge in [-0.2, -0.15) is 0 Å². The first kappa shape index (κ1) is 21.5. The zero-order valence-corrected chi connectivity index (χ0v) is 15.9. The lowest BCUT2D eigenvalue weighted by atomic mass is 10.0. The van der Waals surface area contributed by atoms with Crippen LogP contribution in [0.1, 0.15) is 31.2 Å². The molecule has 1 aromatic carbocycles.